The Morgan fingerprint density at radius 3 is 2.27 bits per heavy atom. The third-order valence-corrected chi connectivity index (χ3v) is 4.47. The highest BCUT2D eigenvalue weighted by Gasteiger charge is 2.13. The molecule has 0 bridgehead atoms. The van der Waals surface area contributed by atoms with Crippen molar-refractivity contribution in [2.75, 3.05) is 14.2 Å². The second kappa shape index (κ2) is 9.86. The minimum Gasteiger partial charge on any atom is -0.497 e. The first-order valence-electron chi connectivity index (χ1n) is 9.14. The zero-order valence-corrected chi connectivity index (χ0v) is 16.6. The molecule has 0 saturated carbocycles. The van der Waals surface area contributed by atoms with Crippen molar-refractivity contribution in [3.63, 3.8) is 0 Å². The fraction of sp³-hybridized carbons (Fsp3) is 0.333. The van der Waals surface area contributed by atoms with Gasteiger partial charge in [-0.2, -0.15) is 0 Å². The zero-order valence-electron chi connectivity index (χ0n) is 16.6. The van der Waals surface area contributed by atoms with Crippen LogP contribution in [0.25, 0.3) is 11.1 Å². The number of methoxy groups -OCH3 is 2. The van der Waals surface area contributed by atoms with Gasteiger partial charge in [-0.1, -0.05) is 53.6 Å². The summed E-state index contributed by atoms with van der Waals surface area (Å²) in [6.07, 6.45) is 7.63. The number of hydrogen-bond donors (Lipinski definition) is 0. The average Bonchev–Trinajstić information content (AvgIpc) is 2.66. The quantitative estimate of drug-likeness (QED) is 0.499. The molecule has 0 N–H and O–H groups in total. The van der Waals surface area contributed by atoms with Crippen molar-refractivity contribution < 1.29 is 9.47 Å². The summed E-state index contributed by atoms with van der Waals surface area (Å²) in [5.41, 5.74) is 6.31. The van der Waals surface area contributed by atoms with Gasteiger partial charge in [-0.25, -0.2) is 0 Å². The fourth-order valence-corrected chi connectivity index (χ4v) is 2.97. The highest BCUT2D eigenvalue weighted by atomic mass is 16.5. The van der Waals surface area contributed by atoms with Gasteiger partial charge in [0.25, 0.3) is 0 Å². The van der Waals surface area contributed by atoms with Gasteiger partial charge in [0.2, 0.25) is 0 Å². The highest BCUT2D eigenvalue weighted by Crippen LogP contribution is 2.36. The second-order valence-corrected chi connectivity index (χ2v) is 6.80. The first-order chi connectivity index (χ1) is 12.5. The highest BCUT2D eigenvalue weighted by molar-refractivity contribution is 5.72. The molecule has 2 rings (SSSR count). The van der Waals surface area contributed by atoms with Crippen molar-refractivity contribution in [2.45, 2.75) is 40.0 Å². The second-order valence-electron chi connectivity index (χ2n) is 6.80. The monoisotopic (exact) mass is 350 g/mol. The molecule has 0 aliphatic rings. The maximum absolute atomic E-state index is 5.68. The molecule has 0 aliphatic carbocycles. The molecular formula is C24H30O2. The minimum absolute atomic E-state index is 0.814. The van der Waals surface area contributed by atoms with Crippen molar-refractivity contribution in [2.24, 2.45) is 0 Å². The molecule has 0 unspecified atom stereocenters. The largest absolute Gasteiger partial charge is 0.497 e. The Morgan fingerprint density at radius 1 is 0.923 bits per heavy atom. The third-order valence-electron chi connectivity index (χ3n) is 4.47. The SMILES string of the molecule is COc1cc(OC)c(C/C=C(\C)CCC=C(C)C)c(-c2ccccc2)c1. The summed E-state index contributed by atoms with van der Waals surface area (Å²) >= 11 is 0. The smallest absolute Gasteiger partial charge is 0.126 e. The van der Waals surface area contributed by atoms with Gasteiger partial charge in [0, 0.05) is 11.6 Å². The maximum atomic E-state index is 5.68. The Balaban J connectivity index is 2.35. The van der Waals surface area contributed by atoms with Gasteiger partial charge >= 0.3 is 0 Å². The van der Waals surface area contributed by atoms with E-state index in [0.29, 0.717) is 0 Å². The van der Waals surface area contributed by atoms with Crippen LogP contribution >= 0.6 is 0 Å². The van der Waals surface area contributed by atoms with E-state index < -0.39 is 0 Å². The number of hydrogen-bond acceptors (Lipinski definition) is 2. The van der Waals surface area contributed by atoms with Gasteiger partial charge in [-0.3, -0.25) is 0 Å². The molecule has 0 atom stereocenters. The van der Waals surface area contributed by atoms with Crippen LogP contribution in [-0.2, 0) is 6.42 Å². The van der Waals surface area contributed by atoms with E-state index in [1.165, 1.54) is 22.3 Å². The van der Waals surface area contributed by atoms with E-state index in [1.54, 1.807) is 14.2 Å². The van der Waals surface area contributed by atoms with Crippen LogP contribution in [-0.4, -0.2) is 14.2 Å². The van der Waals surface area contributed by atoms with Crippen LogP contribution in [0.2, 0.25) is 0 Å². The average molecular weight is 351 g/mol. The van der Waals surface area contributed by atoms with E-state index in [-0.39, 0.29) is 0 Å². The van der Waals surface area contributed by atoms with Crippen LogP contribution in [0.3, 0.4) is 0 Å². The van der Waals surface area contributed by atoms with Gasteiger partial charge in [-0.15, -0.1) is 0 Å². The Hall–Kier alpha value is -2.48. The Labute approximate surface area is 158 Å². The van der Waals surface area contributed by atoms with Crippen molar-refractivity contribution in [1.29, 1.82) is 0 Å². The van der Waals surface area contributed by atoms with E-state index in [0.717, 1.165) is 36.3 Å². The molecule has 0 heterocycles. The van der Waals surface area contributed by atoms with Gasteiger partial charge in [0.05, 0.1) is 14.2 Å². The topological polar surface area (TPSA) is 18.5 Å². The van der Waals surface area contributed by atoms with E-state index >= 15 is 0 Å². The first kappa shape index (κ1) is 19.8. The summed E-state index contributed by atoms with van der Waals surface area (Å²) in [5.74, 6) is 1.69. The predicted octanol–water partition coefficient (Wildman–Crippen LogP) is 6.61. The molecule has 0 saturated heterocycles. The van der Waals surface area contributed by atoms with Gasteiger partial charge in [0.1, 0.15) is 11.5 Å². The lowest BCUT2D eigenvalue weighted by Crippen LogP contribution is -1.97. The van der Waals surface area contributed by atoms with Crippen LogP contribution in [0, 0.1) is 0 Å². The lowest BCUT2D eigenvalue weighted by molar-refractivity contribution is 0.392. The Kier molecular flexibility index (Phi) is 7.53. The molecule has 138 valence electrons. The molecule has 0 amide bonds. The summed E-state index contributed by atoms with van der Waals surface area (Å²) in [4.78, 5) is 0. The fourth-order valence-electron chi connectivity index (χ4n) is 2.97. The Bertz CT molecular complexity index is 766. The third kappa shape index (κ3) is 5.52. The summed E-state index contributed by atoms with van der Waals surface area (Å²) in [7, 11) is 3.41. The molecule has 0 spiro atoms. The minimum atomic E-state index is 0.814. The standard InChI is InChI=1S/C24H30O2/c1-18(2)10-9-11-19(3)14-15-22-23(20-12-7-6-8-13-20)16-21(25-4)17-24(22)26-5/h6-8,10,12-14,16-17H,9,11,15H2,1-5H3/b19-14+. The van der Waals surface area contributed by atoms with Gasteiger partial charge < -0.3 is 9.47 Å². The normalized spacial score (nSPS) is 11.2. The molecule has 2 aromatic rings. The summed E-state index contributed by atoms with van der Waals surface area (Å²) in [5, 5.41) is 0. The predicted molar refractivity (Wildman–Crippen MR) is 111 cm³/mol. The van der Waals surface area contributed by atoms with Crippen LogP contribution in [0.5, 0.6) is 11.5 Å². The zero-order chi connectivity index (χ0) is 18.9. The van der Waals surface area contributed by atoms with E-state index in [2.05, 4.69) is 63.3 Å². The van der Waals surface area contributed by atoms with Crippen LogP contribution in [0.1, 0.15) is 39.2 Å². The molecule has 2 heteroatoms. The maximum Gasteiger partial charge on any atom is 0.126 e. The number of ether oxygens (including phenoxy) is 2. The number of rotatable bonds is 8. The first-order valence-corrected chi connectivity index (χ1v) is 9.14. The molecule has 0 aromatic heterocycles. The van der Waals surface area contributed by atoms with Crippen molar-refractivity contribution in [1.82, 2.24) is 0 Å². The number of allylic oxidation sites excluding steroid dienone is 4. The van der Waals surface area contributed by atoms with Gasteiger partial charge in [-0.05, 0) is 57.2 Å². The van der Waals surface area contributed by atoms with E-state index in [1.807, 2.05) is 12.1 Å². The molecule has 0 fully saturated rings. The number of benzene rings is 2. The van der Waals surface area contributed by atoms with Gasteiger partial charge in [0.15, 0.2) is 0 Å². The van der Waals surface area contributed by atoms with Crippen molar-refractivity contribution in [3.05, 3.63) is 71.3 Å². The summed E-state index contributed by atoms with van der Waals surface area (Å²) in [6.45, 7) is 6.50. The van der Waals surface area contributed by atoms with Crippen LogP contribution in [0.4, 0.5) is 0 Å². The molecule has 0 aliphatic heterocycles. The summed E-state index contributed by atoms with van der Waals surface area (Å²) < 4.78 is 11.1. The lowest BCUT2D eigenvalue weighted by Gasteiger charge is -2.16. The van der Waals surface area contributed by atoms with Crippen molar-refractivity contribution in [3.8, 4) is 22.6 Å². The van der Waals surface area contributed by atoms with Crippen LogP contribution in [0.15, 0.2) is 65.8 Å². The molecule has 26 heavy (non-hydrogen) atoms. The lowest BCUT2D eigenvalue weighted by atomic mass is 9.95. The molecule has 2 aromatic carbocycles. The van der Waals surface area contributed by atoms with E-state index in [4.69, 9.17) is 9.47 Å². The summed E-state index contributed by atoms with van der Waals surface area (Å²) in [6, 6.07) is 14.5. The molecule has 0 radical (unpaired) electrons. The van der Waals surface area contributed by atoms with Crippen LogP contribution < -0.4 is 9.47 Å². The molecule has 2 nitrogen and oxygen atoms in total. The van der Waals surface area contributed by atoms with E-state index in [9.17, 15) is 0 Å². The van der Waals surface area contributed by atoms with Crippen molar-refractivity contribution >= 4 is 0 Å². The Morgan fingerprint density at radius 2 is 1.65 bits per heavy atom. The molecular weight excluding hydrogens is 320 g/mol.